The topological polar surface area (TPSA) is 83.7 Å². The normalized spacial score (nSPS) is 15.2. The van der Waals surface area contributed by atoms with Gasteiger partial charge in [0.15, 0.2) is 5.58 Å². The number of fused-ring (bicyclic) bond motifs is 1. The SMILES string of the molecule is Cc1ccccc1C(=O)N(Cc1ccccc1Cl)C1CC(=O)N(c2ccc(-c3nc4ccccc4o3)cc2)C1=O. The van der Waals surface area contributed by atoms with E-state index >= 15 is 0 Å². The van der Waals surface area contributed by atoms with Gasteiger partial charge in [-0.2, -0.15) is 0 Å². The molecule has 40 heavy (non-hydrogen) atoms. The standard InChI is InChI=1S/C32H24ClN3O4/c1-20-8-2-4-10-24(20)31(38)35(19-22-9-3-5-11-25(22)33)27-18-29(37)36(32(27)39)23-16-14-21(15-17-23)30-34-26-12-6-7-13-28(26)40-30/h2-17,27H,18-19H2,1H3. The van der Waals surface area contributed by atoms with Gasteiger partial charge in [0.05, 0.1) is 12.1 Å². The molecule has 7 nitrogen and oxygen atoms in total. The van der Waals surface area contributed by atoms with Gasteiger partial charge in [-0.3, -0.25) is 14.4 Å². The van der Waals surface area contributed by atoms with Crippen molar-refractivity contribution in [3.8, 4) is 11.5 Å². The summed E-state index contributed by atoms with van der Waals surface area (Å²) in [6.07, 6.45) is -0.131. The lowest BCUT2D eigenvalue weighted by molar-refractivity contribution is -0.122. The van der Waals surface area contributed by atoms with E-state index in [0.29, 0.717) is 38.9 Å². The molecule has 198 valence electrons. The number of aryl methyl sites for hydroxylation is 1. The summed E-state index contributed by atoms with van der Waals surface area (Å²) < 4.78 is 5.84. The highest BCUT2D eigenvalue weighted by Crippen LogP contribution is 2.31. The van der Waals surface area contributed by atoms with Crippen molar-refractivity contribution >= 4 is 46.1 Å². The van der Waals surface area contributed by atoms with E-state index in [2.05, 4.69) is 4.98 Å². The summed E-state index contributed by atoms with van der Waals surface area (Å²) in [5.41, 5.74) is 4.48. The Balaban J connectivity index is 1.31. The second-order valence-corrected chi connectivity index (χ2v) is 10.1. The molecule has 8 heteroatoms. The lowest BCUT2D eigenvalue weighted by atomic mass is 10.0. The minimum atomic E-state index is -0.979. The first-order valence-corrected chi connectivity index (χ1v) is 13.2. The molecule has 3 amide bonds. The zero-order valence-electron chi connectivity index (χ0n) is 21.6. The van der Waals surface area contributed by atoms with Gasteiger partial charge in [-0.1, -0.05) is 60.1 Å². The van der Waals surface area contributed by atoms with Crippen LogP contribution in [0.3, 0.4) is 0 Å². The average Bonchev–Trinajstić information content (AvgIpc) is 3.53. The molecule has 1 aromatic heterocycles. The number of anilines is 1. The number of amides is 3. The fourth-order valence-electron chi connectivity index (χ4n) is 4.98. The van der Waals surface area contributed by atoms with Gasteiger partial charge in [-0.25, -0.2) is 9.88 Å². The second-order valence-electron chi connectivity index (χ2n) is 9.66. The number of nitrogens with zero attached hydrogens (tertiary/aromatic N) is 3. The largest absolute Gasteiger partial charge is 0.436 e. The van der Waals surface area contributed by atoms with E-state index in [4.69, 9.17) is 16.0 Å². The van der Waals surface area contributed by atoms with E-state index in [1.54, 1.807) is 48.5 Å². The molecule has 6 rings (SSSR count). The van der Waals surface area contributed by atoms with Gasteiger partial charge in [0, 0.05) is 22.7 Å². The fraction of sp³-hybridized carbons (Fsp3) is 0.125. The highest BCUT2D eigenvalue weighted by atomic mass is 35.5. The van der Waals surface area contributed by atoms with Crippen LogP contribution >= 0.6 is 11.6 Å². The molecule has 1 fully saturated rings. The fourth-order valence-corrected chi connectivity index (χ4v) is 5.18. The number of hydrogen-bond acceptors (Lipinski definition) is 5. The van der Waals surface area contributed by atoms with Gasteiger partial charge >= 0.3 is 0 Å². The summed E-state index contributed by atoms with van der Waals surface area (Å²) in [6.45, 7) is 1.92. The molecule has 5 aromatic rings. The first kappa shape index (κ1) is 25.5. The molecule has 0 bridgehead atoms. The summed E-state index contributed by atoms with van der Waals surface area (Å²) >= 11 is 6.42. The zero-order chi connectivity index (χ0) is 27.8. The Morgan fingerprint density at radius 3 is 2.40 bits per heavy atom. The molecular weight excluding hydrogens is 526 g/mol. The molecule has 0 spiro atoms. The van der Waals surface area contributed by atoms with Crippen LogP contribution in [0.4, 0.5) is 5.69 Å². The summed E-state index contributed by atoms with van der Waals surface area (Å²) in [6, 6.07) is 27.7. The van der Waals surface area contributed by atoms with Crippen molar-refractivity contribution in [2.75, 3.05) is 4.90 Å². The smallest absolute Gasteiger partial charge is 0.257 e. The van der Waals surface area contributed by atoms with Crippen molar-refractivity contribution in [1.82, 2.24) is 9.88 Å². The molecule has 0 N–H and O–H groups in total. The number of carbonyl (C=O) groups excluding carboxylic acids is 3. The number of aromatic nitrogens is 1. The van der Waals surface area contributed by atoms with Gasteiger partial charge < -0.3 is 9.32 Å². The number of oxazole rings is 1. The van der Waals surface area contributed by atoms with Gasteiger partial charge in [-0.15, -0.1) is 0 Å². The van der Waals surface area contributed by atoms with E-state index in [9.17, 15) is 14.4 Å². The maximum atomic E-state index is 13.8. The summed E-state index contributed by atoms with van der Waals surface area (Å²) in [5, 5.41) is 0.480. The monoisotopic (exact) mass is 549 g/mol. The van der Waals surface area contributed by atoms with E-state index in [-0.39, 0.29) is 24.8 Å². The molecule has 1 aliphatic rings. The highest BCUT2D eigenvalue weighted by Gasteiger charge is 2.44. The van der Waals surface area contributed by atoms with Crippen LogP contribution in [-0.2, 0) is 16.1 Å². The molecular formula is C32H24ClN3O4. The van der Waals surface area contributed by atoms with Crippen molar-refractivity contribution in [2.24, 2.45) is 0 Å². The second kappa shape index (κ2) is 10.4. The van der Waals surface area contributed by atoms with Crippen LogP contribution in [0.15, 0.2) is 101 Å². The molecule has 1 atom stereocenters. The van der Waals surface area contributed by atoms with Gasteiger partial charge in [-0.05, 0) is 66.6 Å². The minimum Gasteiger partial charge on any atom is -0.436 e. The molecule has 4 aromatic carbocycles. The van der Waals surface area contributed by atoms with Crippen LogP contribution in [0.2, 0.25) is 5.02 Å². The minimum absolute atomic E-state index is 0.0844. The molecule has 1 aliphatic heterocycles. The lowest BCUT2D eigenvalue weighted by Crippen LogP contribution is -2.45. The summed E-state index contributed by atoms with van der Waals surface area (Å²) in [7, 11) is 0. The number of imide groups is 1. The Morgan fingerprint density at radius 1 is 0.950 bits per heavy atom. The quantitative estimate of drug-likeness (QED) is 0.228. The number of halogens is 1. The molecule has 0 aliphatic carbocycles. The molecule has 1 saturated heterocycles. The van der Waals surface area contributed by atoms with Crippen LogP contribution in [-0.4, -0.2) is 33.6 Å². The first-order chi connectivity index (χ1) is 19.4. The van der Waals surface area contributed by atoms with Gasteiger partial charge in [0.25, 0.3) is 11.8 Å². The summed E-state index contributed by atoms with van der Waals surface area (Å²) in [4.78, 5) is 47.9. The maximum Gasteiger partial charge on any atom is 0.257 e. The highest BCUT2D eigenvalue weighted by molar-refractivity contribution is 6.31. The third-order valence-corrected chi connectivity index (χ3v) is 7.47. The average molecular weight is 550 g/mol. The van der Waals surface area contributed by atoms with E-state index < -0.39 is 11.9 Å². The predicted octanol–water partition coefficient (Wildman–Crippen LogP) is 6.43. The Bertz CT molecular complexity index is 1730. The van der Waals surface area contributed by atoms with E-state index in [1.165, 1.54) is 4.90 Å². The Kier molecular flexibility index (Phi) is 6.66. The molecule has 1 unspecified atom stereocenters. The van der Waals surface area contributed by atoms with E-state index in [1.807, 2.05) is 55.5 Å². The number of benzene rings is 4. The van der Waals surface area contributed by atoms with Gasteiger partial charge in [0.1, 0.15) is 11.6 Å². The van der Waals surface area contributed by atoms with Crippen molar-refractivity contribution in [3.63, 3.8) is 0 Å². The van der Waals surface area contributed by atoms with Crippen molar-refractivity contribution in [1.29, 1.82) is 0 Å². The van der Waals surface area contributed by atoms with Crippen LogP contribution in [0.1, 0.15) is 27.9 Å². The molecule has 0 saturated carbocycles. The van der Waals surface area contributed by atoms with Gasteiger partial charge in [0.2, 0.25) is 11.8 Å². The molecule has 0 radical (unpaired) electrons. The Morgan fingerprint density at radius 2 is 1.65 bits per heavy atom. The number of carbonyl (C=O) groups is 3. The van der Waals surface area contributed by atoms with Crippen LogP contribution in [0.25, 0.3) is 22.6 Å². The van der Waals surface area contributed by atoms with E-state index in [0.717, 1.165) is 16.0 Å². The Hall–Kier alpha value is -4.75. The number of rotatable bonds is 6. The number of para-hydroxylation sites is 2. The predicted molar refractivity (Wildman–Crippen MR) is 153 cm³/mol. The first-order valence-electron chi connectivity index (χ1n) is 12.8. The Labute approximate surface area is 235 Å². The van der Waals surface area contributed by atoms with Crippen LogP contribution < -0.4 is 4.90 Å². The summed E-state index contributed by atoms with van der Waals surface area (Å²) in [5.74, 6) is -0.739. The number of hydrogen-bond donors (Lipinski definition) is 0. The van der Waals surface area contributed by atoms with Crippen LogP contribution in [0, 0.1) is 6.92 Å². The van der Waals surface area contributed by atoms with Crippen molar-refractivity contribution < 1.29 is 18.8 Å². The third-order valence-electron chi connectivity index (χ3n) is 7.10. The zero-order valence-corrected chi connectivity index (χ0v) is 22.3. The lowest BCUT2D eigenvalue weighted by Gasteiger charge is -2.28. The maximum absolute atomic E-state index is 13.8. The van der Waals surface area contributed by atoms with Crippen molar-refractivity contribution in [2.45, 2.75) is 25.9 Å². The van der Waals surface area contributed by atoms with Crippen LogP contribution in [0.5, 0.6) is 0 Å². The molecule has 2 heterocycles. The van der Waals surface area contributed by atoms with Crippen molar-refractivity contribution in [3.05, 3.63) is 119 Å². The third kappa shape index (κ3) is 4.65.